The standard InChI is InChI=1S/C19H21BrN2O5/c1-9-4-3-5-13(9)27-18(23)16-10(2)21-19(24)22-17(16)11-6-14-15(7-12(11)20)26-8-25-14/h6-7,9,13,17H,3-5,8H2,1-2H3,(H2,21,22,24)/t9-,13+,17-/m1/s1. The molecule has 2 heterocycles. The highest BCUT2D eigenvalue weighted by Crippen LogP contribution is 2.42. The highest BCUT2D eigenvalue weighted by molar-refractivity contribution is 9.10. The first-order valence-corrected chi connectivity index (χ1v) is 9.81. The monoisotopic (exact) mass is 436 g/mol. The van der Waals surface area contributed by atoms with Crippen molar-refractivity contribution in [1.29, 1.82) is 0 Å². The van der Waals surface area contributed by atoms with Gasteiger partial charge in [-0.1, -0.05) is 22.9 Å². The first-order chi connectivity index (χ1) is 12.9. The van der Waals surface area contributed by atoms with E-state index in [1.165, 1.54) is 0 Å². The summed E-state index contributed by atoms with van der Waals surface area (Å²) in [5.74, 6) is 1.14. The minimum absolute atomic E-state index is 0.0868. The van der Waals surface area contributed by atoms with Crippen molar-refractivity contribution in [3.05, 3.63) is 33.4 Å². The molecule has 8 heteroatoms. The van der Waals surface area contributed by atoms with Crippen LogP contribution in [0.5, 0.6) is 11.5 Å². The second-order valence-electron chi connectivity index (χ2n) is 7.15. The van der Waals surface area contributed by atoms with Crippen molar-refractivity contribution in [3.8, 4) is 11.5 Å². The molecule has 0 unspecified atom stereocenters. The summed E-state index contributed by atoms with van der Waals surface area (Å²) in [6, 6.07) is 2.55. The number of urea groups is 1. The molecule has 0 saturated heterocycles. The Hall–Kier alpha value is -2.22. The van der Waals surface area contributed by atoms with E-state index < -0.39 is 12.0 Å². The summed E-state index contributed by atoms with van der Waals surface area (Å²) in [5.41, 5.74) is 1.59. The van der Waals surface area contributed by atoms with Gasteiger partial charge < -0.3 is 24.8 Å². The van der Waals surface area contributed by atoms with Crippen molar-refractivity contribution in [1.82, 2.24) is 10.6 Å². The number of esters is 1. The summed E-state index contributed by atoms with van der Waals surface area (Å²) in [6.45, 7) is 3.95. The van der Waals surface area contributed by atoms with Crippen molar-refractivity contribution in [2.45, 2.75) is 45.3 Å². The van der Waals surface area contributed by atoms with Crippen LogP contribution < -0.4 is 20.1 Å². The largest absolute Gasteiger partial charge is 0.459 e. The number of ether oxygens (including phenoxy) is 3. The highest BCUT2D eigenvalue weighted by atomic mass is 79.9. The highest BCUT2D eigenvalue weighted by Gasteiger charge is 2.36. The molecule has 2 aliphatic heterocycles. The van der Waals surface area contributed by atoms with Gasteiger partial charge in [-0.2, -0.15) is 0 Å². The summed E-state index contributed by atoms with van der Waals surface area (Å²) >= 11 is 3.52. The Labute approximate surface area is 165 Å². The predicted molar refractivity (Wildman–Crippen MR) is 100 cm³/mol. The van der Waals surface area contributed by atoms with Crippen LogP contribution in [0.15, 0.2) is 27.9 Å². The summed E-state index contributed by atoms with van der Waals surface area (Å²) in [5, 5.41) is 5.50. The fourth-order valence-electron chi connectivity index (χ4n) is 3.84. The second-order valence-corrected chi connectivity index (χ2v) is 8.00. The van der Waals surface area contributed by atoms with E-state index >= 15 is 0 Å². The lowest BCUT2D eigenvalue weighted by Gasteiger charge is -2.30. The van der Waals surface area contributed by atoms with Gasteiger partial charge in [-0.3, -0.25) is 0 Å². The normalized spacial score (nSPS) is 26.6. The molecule has 4 rings (SSSR count). The zero-order chi connectivity index (χ0) is 19.1. The molecule has 1 aromatic carbocycles. The number of amides is 2. The molecule has 144 valence electrons. The lowest BCUT2D eigenvalue weighted by atomic mass is 9.95. The molecule has 2 N–H and O–H groups in total. The third kappa shape index (κ3) is 3.38. The number of hydrogen-bond acceptors (Lipinski definition) is 5. The van der Waals surface area contributed by atoms with Gasteiger partial charge >= 0.3 is 12.0 Å². The Kier molecular flexibility index (Phi) is 4.75. The average Bonchev–Trinajstić information content (AvgIpc) is 3.22. The molecular formula is C19H21BrN2O5. The fourth-order valence-corrected chi connectivity index (χ4v) is 4.39. The quantitative estimate of drug-likeness (QED) is 0.707. The first-order valence-electron chi connectivity index (χ1n) is 9.02. The van der Waals surface area contributed by atoms with Crippen LogP contribution >= 0.6 is 15.9 Å². The maximum atomic E-state index is 13.0. The lowest BCUT2D eigenvalue weighted by molar-refractivity contribution is -0.146. The molecule has 1 aromatic rings. The van der Waals surface area contributed by atoms with Gasteiger partial charge in [-0.25, -0.2) is 9.59 Å². The van der Waals surface area contributed by atoms with Gasteiger partial charge in [0.1, 0.15) is 6.10 Å². The third-order valence-corrected chi connectivity index (χ3v) is 6.02. The van der Waals surface area contributed by atoms with Gasteiger partial charge in [0, 0.05) is 10.2 Å². The van der Waals surface area contributed by atoms with Crippen molar-refractivity contribution in [3.63, 3.8) is 0 Å². The predicted octanol–water partition coefficient (Wildman–Crippen LogP) is 3.54. The molecule has 0 bridgehead atoms. The summed E-state index contributed by atoms with van der Waals surface area (Å²) in [6.07, 6.45) is 2.90. The Morgan fingerprint density at radius 1 is 1.26 bits per heavy atom. The topological polar surface area (TPSA) is 85.9 Å². The van der Waals surface area contributed by atoms with E-state index in [9.17, 15) is 9.59 Å². The van der Waals surface area contributed by atoms with Crippen molar-refractivity contribution < 1.29 is 23.8 Å². The summed E-state index contributed by atoms with van der Waals surface area (Å²) < 4.78 is 17.3. The molecule has 0 radical (unpaired) electrons. The molecule has 3 atom stereocenters. The van der Waals surface area contributed by atoms with E-state index in [1.54, 1.807) is 19.1 Å². The molecular weight excluding hydrogens is 416 g/mol. The number of halogens is 1. The zero-order valence-corrected chi connectivity index (χ0v) is 16.7. The lowest BCUT2D eigenvalue weighted by Crippen LogP contribution is -2.45. The van der Waals surface area contributed by atoms with Crippen molar-refractivity contribution in [2.24, 2.45) is 5.92 Å². The Bertz CT molecular complexity index is 838. The molecule has 1 saturated carbocycles. The zero-order valence-electron chi connectivity index (χ0n) is 15.1. The Morgan fingerprint density at radius 3 is 2.70 bits per heavy atom. The van der Waals surface area contributed by atoms with E-state index in [0.717, 1.165) is 19.3 Å². The number of rotatable bonds is 3. The number of nitrogens with one attached hydrogen (secondary N) is 2. The minimum Gasteiger partial charge on any atom is -0.459 e. The Balaban J connectivity index is 1.68. The van der Waals surface area contributed by atoms with Gasteiger partial charge in [0.05, 0.1) is 11.6 Å². The molecule has 7 nitrogen and oxygen atoms in total. The van der Waals surface area contributed by atoms with Crippen LogP contribution in [0.3, 0.4) is 0 Å². The van der Waals surface area contributed by atoms with Crippen LogP contribution in [0.25, 0.3) is 0 Å². The number of fused-ring (bicyclic) bond motifs is 1. The van der Waals surface area contributed by atoms with Crippen LogP contribution in [0.4, 0.5) is 4.79 Å². The fraction of sp³-hybridized carbons (Fsp3) is 0.474. The van der Waals surface area contributed by atoms with Crippen molar-refractivity contribution >= 4 is 27.9 Å². The van der Waals surface area contributed by atoms with Gasteiger partial charge in [0.25, 0.3) is 0 Å². The number of hydrogen-bond donors (Lipinski definition) is 2. The number of allylic oxidation sites excluding steroid dienone is 1. The molecule has 0 aromatic heterocycles. The SMILES string of the molecule is CC1=C(C(=O)O[C@H]2CCC[C@H]2C)[C@@H](c2cc3c(cc2Br)OCO3)NC(=O)N1. The van der Waals surface area contributed by atoms with Crippen molar-refractivity contribution in [2.75, 3.05) is 6.79 Å². The molecule has 27 heavy (non-hydrogen) atoms. The Morgan fingerprint density at radius 2 is 2.00 bits per heavy atom. The van der Waals surface area contributed by atoms with Crippen LogP contribution in [-0.4, -0.2) is 24.9 Å². The maximum absolute atomic E-state index is 13.0. The molecule has 3 aliphatic rings. The summed E-state index contributed by atoms with van der Waals surface area (Å²) in [4.78, 5) is 25.1. The summed E-state index contributed by atoms with van der Waals surface area (Å²) in [7, 11) is 0. The third-order valence-electron chi connectivity index (χ3n) is 5.33. The van der Waals surface area contributed by atoms with Gasteiger partial charge in [-0.15, -0.1) is 0 Å². The molecule has 0 spiro atoms. The van der Waals surface area contributed by atoms with E-state index in [4.69, 9.17) is 14.2 Å². The van der Waals surface area contributed by atoms with E-state index in [2.05, 4.69) is 33.5 Å². The number of benzene rings is 1. The minimum atomic E-state index is -0.646. The van der Waals surface area contributed by atoms with E-state index in [-0.39, 0.29) is 18.9 Å². The maximum Gasteiger partial charge on any atom is 0.338 e. The van der Waals surface area contributed by atoms with Gasteiger partial charge in [0.2, 0.25) is 6.79 Å². The number of carbonyl (C=O) groups is 2. The second kappa shape index (κ2) is 7.07. The van der Waals surface area contributed by atoms with Crippen LogP contribution in [-0.2, 0) is 9.53 Å². The van der Waals surface area contributed by atoms with E-state index in [1.807, 2.05) is 0 Å². The molecule has 1 aliphatic carbocycles. The van der Waals surface area contributed by atoms with E-state index in [0.29, 0.717) is 38.7 Å². The molecule has 2 amide bonds. The first kappa shape index (κ1) is 18.2. The average molecular weight is 437 g/mol. The van der Waals surface area contributed by atoms with Crippen LogP contribution in [0, 0.1) is 5.92 Å². The smallest absolute Gasteiger partial charge is 0.338 e. The van der Waals surface area contributed by atoms with Gasteiger partial charge in [-0.05, 0) is 49.8 Å². The number of carbonyl (C=O) groups excluding carboxylic acids is 2. The molecule has 1 fully saturated rings. The van der Waals surface area contributed by atoms with Gasteiger partial charge in [0.15, 0.2) is 11.5 Å². The van der Waals surface area contributed by atoms with Crippen LogP contribution in [0.1, 0.15) is 44.7 Å². The van der Waals surface area contributed by atoms with Crippen LogP contribution in [0.2, 0.25) is 0 Å².